The van der Waals surface area contributed by atoms with Gasteiger partial charge in [0, 0.05) is 26.2 Å². The van der Waals surface area contributed by atoms with Gasteiger partial charge in [-0.2, -0.15) is 0 Å². The van der Waals surface area contributed by atoms with E-state index in [2.05, 4.69) is 51.1 Å². The lowest BCUT2D eigenvalue weighted by atomic mass is 9.86. The molecule has 106 valence electrons. The van der Waals surface area contributed by atoms with E-state index in [1.54, 1.807) is 0 Å². The van der Waals surface area contributed by atoms with Gasteiger partial charge in [0.2, 0.25) is 0 Å². The molecule has 0 rings (SSSR count). The summed E-state index contributed by atoms with van der Waals surface area (Å²) in [5.74, 6) is 0.712. The molecule has 0 aliphatic heterocycles. The van der Waals surface area contributed by atoms with Gasteiger partial charge in [0.1, 0.15) is 0 Å². The van der Waals surface area contributed by atoms with Gasteiger partial charge in [-0.05, 0) is 24.3 Å². The standard InChI is InChI=1S/C16H32N2/c1-7-10-18(11-8-2)14-16(6,9-3)13-17-12-15(4)5/h7-8,15,17H,1-2,9-14H2,3-6H3. The third-order valence-corrected chi connectivity index (χ3v) is 3.34. The highest BCUT2D eigenvalue weighted by Gasteiger charge is 2.24. The Kier molecular flexibility index (Phi) is 9.03. The van der Waals surface area contributed by atoms with Crippen molar-refractivity contribution in [3.8, 4) is 0 Å². The Bertz CT molecular complexity index is 225. The zero-order chi connectivity index (χ0) is 14.0. The Morgan fingerprint density at radius 2 is 1.78 bits per heavy atom. The van der Waals surface area contributed by atoms with Gasteiger partial charge in [-0.3, -0.25) is 4.90 Å². The van der Waals surface area contributed by atoms with Crippen LogP contribution in [-0.4, -0.2) is 37.6 Å². The summed E-state index contributed by atoms with van der Waals surface area (Å²) in [7, 11) is 0. The highest BCUT2D eigenvalue weighted by molar-refractivity contribution is 4.86. The molecule has 0 aromatic heterocycles. The van der Waals surface area contributed by atoms with Crippen LogP contribution in [0.5, 0.6) is 0 Å². The van der Waals surface area contributed by atoms with Gasteiger partial charge in [0.15, 0.2) is 0 Å². The summed E-state index contributed by atoms with van der Waals surface area (Å²) in [6.07, 6.45) is 5.13. The fourth-order valence-corrected chi connectivity index (χ4v) is 2.06. The zero-order valence-corrected chi connectivity index (χ0v) is 12.8. The molecule has 1 atom stereocenters. The second-order valence-corrected chi connectivity index (χ2v) is 5.96. The van der Waals surface area contributed by atoms with Crippen LogP contribution in [0.15, 0.2) is 25.3 Å². The molecule has 18 heavy (non-hydrogen) atoms. The maximum atomic E-state index is 3.83. The minimum Gasteiger partial charge on any atom is -0.316 e. The lowest BCUT2D eigenvalue weighted by Crippen LogP contribution is -2.43. The monoisotopic (exact) mass is 252 g/mol. The second-order valence-electron chi connectivity index (χ2n) is 5.96. The van der Waals surface area contributed by atoms with Crippen molar-refractivity contribution in [2.75, 3.05) is 32.7 Å². The quantitative estimate of drug-likeness (QED) is 0.568. The summed E-state index contributed by atoms with van der Waals surface area (Å²) in [4.78, 5) is 2.40. The second kappa shape index (κ2) is 9.35. The van der Waals surface area contributed by atoms with Crippen molar-refractivity contribution in [2.45, 2.75) is 34.1 Å². The van der Waals surface area contributed by atoms with Gasteiger partial charge >= 0.3 is 0 Å². The van der Waals surface area contributed by atoms with Crippen LogP contribution >= 0.6 is 0 Å². The van der Waals surface area contributed by atoms with Crippen molar-refractivity contribution in [1.82, 2.24) is 10.2 Å². The normalized spacial score (nSPS) is 14.8. The zero-order valence-electron chi connectivity index (χ0n) is 12.8. The molecule has 0 aromatic carbocycles. The van der Waals surface area contributed by atoms with Crippen molar-refractivity contribution in [1.29, 1.82) is 0 Å². The lowest BCUT2D eigenvalue weighted by Gasteiger charge is -2.34. The SMILES string of the molecule is C=CCN(CC=C)CC(C)(CC)CNCC(C)C. The van der Waals surface area contributed by atoms with Gasteiger partial charge in [-0.15, -0.1) is 13.2 Å². The van der Waals surface area contributed by atoms with E-state index in [0.29, 0.717) is 11.3 Å². The van der Waals surface area contributed by atoms with Crippen LogP contribution in [0.3, 0.4) is 0 Å². The van der Waals surface area contributed by atoms with Crippen molar-refractivity contribution in [3.05, 3.63) is 25.3 Å². The van der Waals surface area contributed by atoms with E-state index >= 15 is 0 Å². The average molecular weight is 252 g/mol. The van der Waals surface area contributed by atoms with E-state index in [1.807, 2.05) is 12.2 Å². The fraction of sp³-hybridized carbons (Fsp3) is 0.750. The molecule has 0 bridgehead atoms. The smallest absolute Gasteiger partial charge is 0.0164 e. The van der Waals surface area contributed by atoms with Crippen LogP contribution in [0.4, 0.5) is 0 Å². The Morgan fingerprint density at radius 3 is 2.17 bits per heavy atom. The van der Waals surface area contributed by atoms with E-state index in [-0.39, 0.29) is 0 Å². The molecule has 0 spiro atoms. The van der Waals surface area contributed by atoms with E-state index < -0.39 is 0 Å². The molecule has 0 aromatic rings. The van der Waals surface area contributed by atoms with Crippen LogP contribution in [0.25, 0.3) is 0 Å². The van der Waals surface area contributed by atoms with Gasteiger partial charge in [-0.1, -0.05) is 39.8 Å². The molecule has 0 radical (unpaired) electrons. The first-order chi connectivity index (χ1) is 8.47. The number of hydrogen-bond donors (Lipinski definition) is 1. The molecule has 2 nitrogen and oxygen atoms in total. The van der Waals surface area contributed by atoms with Crippen molar-refractivity contribution in [3.63, 3.8) is 0 Å². The largest absolute Gasteiger partial charge is 0.316 e. The maximum absolute atomic E-state index is 3.83. The number of hydrogen-bond acceptors (Lipinski definition) is 2. The predicted octanol–water partition coefficient (Wildman–Crippen LogP) is 3.32. The Labute approximate surface area is 114 Å². The van der Waals surface area contributed by atoms with Gasteiger partial charge in [-0.25, -0.2) is 0 Å². The molecule has 0 fully saturated rings. The van der Waals surface area contributed by atoms with E-state index in [0.717, 1.165) is 32.7 Å². The highest BCUT2D eigenvalue weighted by Crippen LogP contribution is 2.21. The minimum absolute atomic E-state index is 0.320. The first-order valence-electron chi connectivity index (χ1n) is 7.12. The van der Waals surface area contributed by atoms with Crippen LogP contribution in [0.2, 0.25) is 0 Å². The van der Waals surface area contributed by atoms with E-state index in [9.17, 15) is 0 Å². The molecule has 1 unspecified atom stereocenters. The molecule has 0 heterocycles. The van der Waals surface area contributed by atoms with Crippen molar-refractivity contribution >= 4 is 0 Å². The number of nitrogens with one attached hydrogen (secondary N) is 1. The van der Waals surface area contributed by atoms with E-state index in [1.165, 1.54) is 6.42 Å². The molecule has 0 saturated carbocycles. The Hall–Kier alpha value is -0.600. The molecule has 0 aliphatic carbocycles. The van der Waals surface area contributed by atoms with Gasteiger partial charge in [0.05, 0.1) is 0 Å². The minimum atomic E-state index is 0.320. The summed E-state index contributed by atoms with van der Waals surface area (Å²) >= 11 is 0. The average Bonchev–Trinajstić information content (AvgIpc) is 2.29. The van der Waals surface area contributed by atoms with Crippen molar-refractivity contribution in [2.24, 2.45) is 11.3 Å². The summed E-state index contributed by atoms with van der Waals surface area (Å²) in [6, 6.07) is 0. The summed E-state index contributed by atoms with van der Waals surface area (Å²) < 4.78 is 0. The third kappa shape index (κ3) is 7.67. The molecule has 0 saturated heterocycles. The summed E-state index contributed by atoms with van der Waals surface area (Å²) in [5, 5.41) is 3.59. The first kappa shape index (κ1) is 17.4. The van der Waals surface area contributed by atoms with Crippen molar-refractivity contribution < 1.29 is 0 Å². The van der Waals surface area contributed by atoms with Crippen LogP contribution < -0.4 is 5.32 Å². The predicted molar refractivity (Wildman–Crippen MR) is 82.9 cm³/mol. The number of rotatable bonds is 11. The topological polar surface area (TPSA) is 15.3 Å². The molecule has 0 amide bonds. The maximum Gasteiger partial charge on any atom is 0.0164 e. The lowest BCUT2D eigenvalue weighted by molar-refractivity contribution is 0.177. The number of nitrogens with zero attached hydrogens (tertiary/aromatic N) is 1. The Morgan fingerprint density at radius 1 is 1.22 bits per heavy atom. The van der Waals surface area contributed by atoms with Crippen LogP contribution in [0.1, 0.15) is 34.1 Å². The highest BCUT2D eigenvalue weighted by atomic mass is 15.1. The van der Waals surface area contributed by atoms with E-state index in [4.69, 9.17) is 0 Å². The fourth-order valence-electron chi connectivity index (χ4n) is 2.06. The first-order valence-corrected chi connectivity index (χ1v) is 7.12. The third-order valence-electron chi connectivity index (χ3n) is 3.34. The molecule has 2 heteroatoms. The summed E-state index contributed by atoms with van der Waals surface area (Å²) in [6.45, 7) is 21.9. The molecule has 0 aliphatic rings. The summed E-state index contributed by atoms with van der Waals surface area (Å²) in [5.41, 5.74) is 0.320. The molecule has 1 N–H and O–H groups in total. The van der Waals surface area contributed by atoms with Crippen LogP contribution in [-0.2, 0) is 0 Å². The van der Waals surface area contributed by atoms with Gasteiger partial charge < -0.3 is 5.32 Å². The van der Waals surface area contributed by atoms with Crippen LogP contribution in [0, 0.1) is 11.3 Å². The van der Waals surface area contributed by atoms with Gasteiger partial charge in [0.25, 0.3) is 0 Å². The molecular formula is C16H32N2. The Balaban J connectivity index is 4.31. The molecular weight excluding hydrogens is 220 g/mol.